The highest BCUT2D eigenvalue weighted by Crippen LogP contribution is 2.32. The number of hydrogen-bond donors (Lipinski definition) is 3. The molecule has 0 fully saturated rings. The summed E-state index contributed by atoms with van der Waals surface area (Å²) in [6.45, 7) is 0.395. The summed E-state index contributed by atoms with van der Waals surface area (Å²) in [7, 11) is 5.43. The van der Waals surface area contributed by atoms with E-state index in [4.69, 9.17) is 0 Å². The number of benzene rings is 1. The molecule has 0 aliphatic carbocycles. The molecule has 2 rings (SSSR count). The molecule has 0 amide bonds. The van der Waals surface area contributed by atoms with Crippen LogP contribution in [0.2, 0.25) is 0 Å². The predicted molar refractivity (Wildman–Crippen MR) is 71.0 cm³/mol. The average molecular weight is 234 g/mol. The molecule has 1 heterocycles. The normalized spacial score (nSPS) is 22.1. The molecule has 0 radical (unpaired) electrons. The van der Waals surface area contributed by atoms with E-state index in [2.05, 4.69) is 16.1 Å². The van der Waals surface area contributed by atoms with Gasteiger partial charge in [-0.15, -0.1) is 0 Å². The smallest absolute Gasteiger partial charge is 0.127 e. The van der Waals surface area contributed by atoms with Gasteiger partial charge in [-0.25, -0.2) is 0 Å². The van der Waals surface area contributed by atoms with E-state index in [-0.39, 0.29) is 0 Å². The van der Waals surface area contributed by atoms with Crippen molar-refractivity contribution in [2.24, 2.45) is 0 Å². The Labute approximate surface area is 101 Å². The van der Waals surface area contributed by atoms with E-state index in [0.29, 0.717) is 6.54 Å². The first-order valence-corrected chi connectivity index (χ1v) is 5.61. The Morgan fingerprint density at radius 2 is 1.94 bits per heavy atom. The largest absolute Gasteiger partial charge is 0.607 e. The van der Waals surface area contributed by atoms with Crippen molar-refractivity contribution in [1.29, 1.82) is 0 Å². The highest BCUT2D eigenvalue weighted by Gasteiger charge is 2.22. The minimum atomic E-state index is -0.524. The number of hydroxylamine groups is 2. The van der Waals surface area contributed by atoms with Gasteiger partial charge < -0.3 is 15.8 Å². The quantitative estimate of drug-likeness (QED) is 0.550. The summed E-state index contributed by atoms with van der Waals surface area (Å²) >= 11 is 0. The van der Waals surface area contributed by atoms with Gasteiger partial charge in [-0.3, -0.25) is 4.76 Å². The Morgan fingerprint density at radius 3 is 2.53 bits per heavy atom. The molecule has 17 heavy (non-hydrogen) atoms. The van der Waals surface area contributed by atoms with Crippen LogP contribution in [0.1, 0.15) is 11.1 Å². The fraction of sp³-hybridized carbons (Fsp3) is 0.333. The van der Waals surface area contributed by atoms with E-state index < -0.39 is 4.76 Å². The van der Waals surface area contributed by atoms with Gasteiger partial charge >= 0.3 is 0 Å². The molecule has 0 bridgehead atoms. The van der Waals surface area contributed by atoms with E-state index in [1.54, 1.807) is 13.2 Å². The molecule has 1 aromatic carbocycles. The first-order valence-electron chi connectivity index (χ1n) is 5.61. The third kappa shape index (κ3) is 2.12. The van der Waals surface area contributed by atoms with E-state index in [0.717, 1.165) is 22.5 Å². The highest BCUT2D eigenvalue weighted by molar-refractivity contribution is 5.74. The van der Waals surface area contributed by atoms with Gasteiger partial charge in [0.05, 0.1) is 0 Å². The van der Waals surface area contributed by atoms with Crippen molar-refractivity contribution in [3.63, 3.8) is 0 Å². The van der Waals surface area contributed by atoms with Crippen LogP contribution in [-0.4, -0.2) is 25.9 Å². The molecule has 1 aromatic rings. The van der Waals surface area contributed by atoms with Crippen molar-refractivity contribution in [2.75, 3.05) is 31.8 Å². The Bertz CT molecular complexity index is 458. The summed E-state index contributed by atoms with van der Waals surface area (Å²) in [5.41, 5.74) is 6.91. The number of rotatable bonds is 3. The molecule has 1 aliphatic rings. The molecule has 1 atom stereocenters. The lowest BCUT2D eigenvalue weighted by molar-refractivity contribution is -0.886. The molecular formula is C12H18N4O. The summed E-state index contributed by atoms with van der Waals surface area (Å²) in [5, 5.41) is 18.4. The standard InChI is InChI=1S/C12H18N4O/c1-13-10-6-9-8-16(17,15-3)5-4-11(9)12(7-10)14-2/h4-7,13-15H,8H2,1-3H3. The van der Waals surface area contributed by atoms with E-state index in [1.807, 2.05) is 32.3 Å². The summed E-state index contributed by atoms with van der Waals surface area (Å²) in [5.74, 6) is 0. The molecule has 0 saturated carbocycles. The molecule has 0 spiro atoms. The number of nitrogens with one attached hydrogen (secondary N) is 3. The lowest BCUT2D eigenvalue weighted by atomic mass is 10.0. The minimum Gasteiger partial charge on any atom is -0.607 e. The van der Waals surface area contributed by atoms with Crippen molar-refractivity contribution >= 4 is 17.5 Å². The monoisotopic (exact) mass is 234 g/mol. The van der Waals surface area contributed by atoms with Crippen LogP contribution in [0.25, 0.3) is 6.08 Å². The van der Waals surface area contributed by atoms with Gasteiger partial charge in [0.15, 0.2) is 0 Å². The van der Waals surface area contributed by atoms with Crippen LogP contribution in [0.5, 0.6) is 0 Å². The molecule has 5 heteroatoms. The number of quaternary nitrogens is 1. The van der Waals surface area contributed by atoms with Crippen molar-refractivity contribution in [1.82, 2.24) is 5.43 Å². The van der Waals surface area contributed by atoms with Gasteiger partial charge in [-0.2, -0.15) is 5.43 Å². The maximum Gasteiger partial charge on any atom is 0.127 e. The molecule has 0 saturated heterocycles. The highest BCUT2D eigenvalue weighted by atomic mass is 16.6. The zero-order valence-corrected chi connectivity index (χ0v) is 10.4. The van der Waals surface area contributed by atoms with E-state index in [1.165, 1.54) is 0 Å². The van der Waals surface area contributed by atoms with Crippen LogP contribution in [-0.2, 0) is 6.54 Å². The van der Waals surface area contributed by atoms with Gasteiger partial charge in [0.2, 0.25) is 0 Å². The van der Waals surface area contributed by atoms with Crippen molar-refractivity contribution in [2.45, 2.75) is 6.54 Å². The maximum atomic E-state index is 12.2. The summed E-state index contributed by atoms with van der Waals surface area (Å²) < 4.78 is -0.524. The van der Waals surface area contributed by atoms with Crippen LogP contribution in [0.15, 0.2) is 18.3 Å². The van der Waals surface area contributed by atoms with Gasteiger partial charge in [-0.1, -0.05) is 0 Å². The van der Waals surface area contributed by atoms with E-state index in [9.17, 15) is 5.21 Å². The first kappa shape index (κ1) is 11.9. The topological polar surface area (TPSA) is 59.1 Å². The first-order chi connectivity index (χ1) is 8.11. The van der Waals surface area contributed by atoms with E-state index >= 15 is 0 Å². The number of fused-ring (bicyclic) bond motifs is 1. The third-order valence-electron chi connectivity index (χ3n) is 3.09. The lowest BCUT2D eigenvalue weighted by Gasteiger charge is -2.39. The second kappa shape index (κ2) is 4.37. The zero-order valence-electron chi connectivity index (χ0n) is 10.4. The van der Waals surface area contributed by atoms with Gasteiger partial charge in [0.1, 0.15) is 12.7 Å². The Morgan fingerprint density at radius 1 is 1.18 bits per heavy atom. The fourth-order valence-corrected chi connectivity index (χ4v) is 2.05. The minimum absolute atomic E-state index is 0.395. The average Bonchev–Trinajstić information content (AvgIpc) is 2.36. The third-order valence-corrected chi connectivity index (χ3v) is 3.09. The number of hydrogen-bond acceptors (Lipinski definition) is 4. The second-order valence-electron chi connectivity index (χ2n) is 4.09. The molecule has 3 N–H and O–H groups in total. The van der Waals surface area contributed by atoms with Crippen LogP contribution in [0.3, 0.4) is 0 Å². The van der Waals surface area contributed by atoms with Crippen LogP contribution < -0.4 is 16.1 Å². The molecule has 0 aromatic heterocycles. The SMILES string of the molecule is CNc1cc2c(c(NC)c1)C=C[N+]([O-])(NC)C2. The molecule has 1 aliphatic heterocycles. The zero-order chi connectivity index (χ0) is 12.5. The molecule has 92 valence electrons. The second-order valence-corrected chi connectivity index (χ2v) is 4.09. The predicted octanol–water partition coefficient (Wildman–Crippen LogP) is 1.70. The van der Waals surface area contributed by atoms with Crippen LogP contribution in [0, 0.1) is 5.21 Å². The van der Waals surface area contributed by atoms with Gasteiger partial charge in [0.25, 0.3) is 0 Å². The number of nitrogens with zero attached hydrogens (tertiary/aromatic N) is 1. The molecule has 1 unspecified atom stereocenters. The van der Waals surface area contributed by atoms with Crippen molar-refractivity contribution in [3.8, 4) is 0 Å². The molecular weight excluding hydrogens is 216 g/mol. The Balaban J connectivity index is 2.49. The van der Waals surface area contributed by atoms with Gasteiger partial charge in [-0.05, 0) is 12.1 Å². The Hall–Kier alpha value is -1.56. The fourth-order valence-electron chi connectivity index (χ4n) is 2.05. The molecule has 5 nitrogen and oxygen atoms in total. The Kier molecular flexibility index (Phi) is 3.06. The van der Waals surface area contributed by atoms with Crippen LogP contribution >= 0.6 is 0 Å². The summed E-state index contributed by atoms with van der Waals surface area (Å²) in [4.78, 5) is 0. The summed E-state index contributed by atoms with van der Waals surface area (Å²) in [6, 6.07) is 4.05. The summed E-state index contributed by atoms with van der Waals surface area (Å²) in [6.07, 6.45) is 3.50. The number of anilines is 2. The van der Waals surface area contributed by atoms with Crippen molar-refractivity contribution < 1.29 is 4.76 Å². The lowest BCUT2D eigenvalue weighted by Crippen LogP contribution is -2.47. The van der Waals surface area contributed by atoms with Crippen molar-refractivity contribution in [3.05, 3.63) is 34.7 Å². The van der Waals surface area contributed by atoms with Crippen LogP contribution in [0.4, 0.5) is 11.4 Å². The van der Waals surface area contributed by atoms with Gasteiger partial charge in [0, 0.05) is 49.7 Å². The maximum absolute atomic E-state index is 12.2.